The van der Waals surface area contributed by atoms with E-state index in [4.69, 9.17) is 16.2 Å². The Kier molecular flexibility index (Phi) is 6.89. The molecule has 0 aliphatic heterocycles. The molecule has 0 amide bonds. The van der Waals surface area contributed by atoms with Gasteiger partial charge >= 0.3 is 0 Å². The van der Waals surface area contributed by atoms with Crippen molar-refractivity contribution in [3.63, 3.8) is 0 Å². The van der Waals surface area contributed by atoms with Crippen LogP contribution < -0.4 is 0 Å². The number of rotatable bonds is 3. The van der Waals surface area contributed by atoms with Crippen molar-refractivity contribution in [1.29, 1.82) is 0 Å². The second-order valence-corrected chi connectivity index (χ2v) is 9.60. The molecule has 2 aromatic heterocycles. The van der Waals surface area contributed by atoms with Crippen molar-refractivity contribution in [3.8, 4) is 22.4 Å². The molecule has 28 heavy (non-hydrogen) atoms. The molecule has 0 unspecified atom stereocenters. The lowest BCUT2D eigenvalue weighted by Crippen LogP contribution is -2.05. The number of pyridine rings is 2. The van der Waals surface area contributed by atoms with E-state index in [9.17, 15) is 16.8 Å². The molecular weight excluding hydrogens is 424 g/mol. The number of nitrogens with zero attached hydrogens (tertiary/aromatic N) is 2. The predicted octanol–water partition coefficient (Wildman–Crippen LogP) is 3.37. The summed E-state index contributed by atoms with van der Waals surface area (Å²) in [5, 5.41) is 0.296. The van der Waals surface area contributed by atoms with Gasteiger partial charge in [-0.25, -0.2) is 8.42 Å². The van der Waals surface area contributed by atoms with Gasteiger partial charge in [-0.1, -0.05) is 41.9 Å². The minimum atomic E-state index is -3.67. The Morgan fingerprint density at radius 2 is 1.46 bits per heavy atom. The summed E-state index contributed by atoms with van der Waals surface area (Å²) in [6, 6.07) is 12.7. The highest BCUT2D eigenvalue weighted by Crippen LogP contribution is 2.38. The molecule has 0 aliphatic rings. The third-order valence-corrected chi connectivity index (χ3v) is 4.78. The first-order valence-electron chi connectivity index (χ1n) is 7.75. The molecule has 3 rings (SSSR count). The third-order valence-electron chi connectivity index (χ3n) is 3.36. The highest BCUT2D eigenvalue weighted by Gasteiger charge is 2.24. The molecule has 0 radical (unpaired) electrons. The van der Waals surface area contributed by atoms with Crippen molar-refractivity contribution in [1.82, 2.24) is 9.97 Å². The van der Waals surface area contributed by atoms with Gasteiger partial charge in [-0.2, -0.15) is 8.42 Å². The monoisotopic (exact) mass is 440 g/mol. The second-order valence-electron chi connectivity index (χ2n) is 5.77. The van der Waals surface area contributed by atoms with E-state index in [0.717, 1.165) is 11.8 Å². The number of benzene rings is 1. The Morgan fingerprint density at radius 1 is 0.893 bits per heavy atom. The molecule has 0 aliphatic carbocycles. The average Bonchev–Trinajstić information content (AvgIpc) is 2.61. The molecule has 0 bridgehead atoms. The molecule has 1 N–H and O–H groups in total. The van der Waals surface area contributed by atoms with Crippen LogP contribution in [0.15, 0.2) is 66.0 Å². The van der Waals surface area contributed by atoms with E-state index >= 15 is 0 Å². The number of sulfone groups is 1. The molecular formula is C18H17ClN2O5S2. The van der Waals surface area contributed by atoms with Gasteiger partial charge in [0.1, 0.15) is 4.90 Å². The van der Waals surface area contributed by atoms with Crippen LogP contribution in [-0.4, -0.2) is 43.9 Å². The van der Waals surface area contributed by atoms with E-state index in [1.807, 2.05) is 30.3 Å². The highest BCUT2D eigenvalue weighted by atomic mass is 35.5. The van der Waals surface area contributed by atoms with E-state index < -0.39 is 20.0 Å². The van der Waals surface area contributed by atoms with Crippen molar-refractivity contribution < 1.29 is 21.4 Å². The molecule has 2 heterocycles. The van der Waals surface area contributed by atoms with Crippen LogP contribution in [0, 0.1) is 0 Å². The number of aromatic nitrogens is 2. The summed E-state index contributed by atoms with van der Waals surface area (Å²) in [5.41, 5.74) is 2.17. The zero-order valence-electron chi connectivity index (χ0n) is 14.9. The SMILES string of the molecule is CS(=O)(=O)O.CS(=O)(=O)c1c(-c2cccnc2)ncc(Cl)c1-c1ccccc1. The van der Waals surface area contributed by atoms with E-state index in [2.05, 4.69) is 9.97 Å². The summed E-state index contributed by atoms with van der Waals surface area (Å²) in [7, 11) is -7.22. The quantitative estimate of drug-likeness (QED) is 0.621. The molecule has 0 spiro atoms. The van der Waals surface area contributed by atoms with Crippen molar-refractivity contribution in [3.05, 3.63) is 66.1 Å². The molecule has 3 aromatic rings. The number of hydrogen-bond acceptors (Lipinski definition) is 6. The van der Waals surface area contributed by atoms with E-state index in [0.29, 0.717) is 28.1 Å². The standard InChI is InChI=1S/C17H13ClN2O2S.CH4O3S/c1-23(21,22)17-15(12-6-3-2-4-7-12)14(18)11-20-16(17)13-8-5-9-19-10-13;1-5(2,3)4/h2-11H,1H3;1H3,(H,2,3,4). The normalized spacial score (nSPS) is 11.4. The van der Waals surface area contributed by atoms with Gasteiger partial charge in [0, 0.05) is 36.0 Å². The summed E-state index contributed by atoms with van der Waals surface area (Å²) in [5.74, 6) is 0. The van der Waals surface area contributed by atoms with Crippen LogP contribution in [0.25, 0.3) is 22.4 Å². The van der Waals surface area contributed by atoms with Gasteiger partial charge in [0.2, 0.25) is 0 Å². The molecule has 148 valence electrons. The van der Waals surface area contributed by atoms with Gasteiger partial charge in [-0.15, -0.1) is 0 Å². The molecule has 0 saturated carbocycles. The van der Waals surface area contributed by atoms with Crippen molar-refractivity contribution >= 4 is 31.6 Å². The summed E-state index contributed by atoms with van der Waals surface area (Å²) in [4.78, 5) is 8.41. The van der Waals surface area contributed by atoms with E-state index in [-0.39, 0.29) is 4.90 Å². The minimum absolute atomic E-state index is 0.115. The first kappa shape index (κ1) is 22.0. The maximum atomic E-state index is 12.5. The van der Waals surface area contributed by atoms with Crippen molar-refractivity contribution in [2.24, 2.45) is 0 Å². The lowest BCUT2D eigenvalue weighted by Gasteiger charge is -2.14. The number of hydrogen-bond donors (Lipinski definition) is 1. The van der Waals surface area contributed by atoms with Crippen LogP contribution in [-0.2, 0) is 20.0 Å². The van der Waals surface area contributed by atoms with Gasteiger partial charge in [0.05, 0.1) is 17.0 Å². The lowest BCUT2D eigenvalue weighted by molar-refractivity contribution is 0.490. The summed E-state index contributed by atoms with van der Waals surface area (Å²) in [6.07, 6.45) is 6.55. The topological polar surface area (TPSA) is 114 Å². The van der Waals surface area contributed by atoms with Gasteiger partial charge < -0.3 is 0 Å². The van der Waals surface area contributed by atoms with Crippen LogP contribution in [0.5, 0.6) is 0 Å². The Morgan fingerprint density at radius 3 is 1.96 bits per heavy atom. The lowest BCUT2D eigenvalue weighted by atomic mass is 10.0. The molecule has 10 heteroatoms. The van der Waals surface area contributed by atoms with Crippen LogP contribution in [0.4, 0.5) is 0 Å². The van der Waals surface area contributed by atoms with Crippen LogP contribution in [0.3, 0.4) is 0 Å². The number of halogens is 1. The molecule has 0 fully saturated rings. The average molecular weight is 441 g/mol. The fourth-order valence-electron chi connectivity index (χ4n) is 2.41. The maximum absolute atomic E-state index is 12.5. The van der Waals surface area contributed by atoms with Crippen molar-refractivity contribution in [2.45, 2.75) is 4.90 Å². The molecule has 0 saturated heterocycles. The van der Waals surface area contributed by atoms with Crippen molar-refractivity contribution in [2.75, 3.05) is 12.5 Å². The largest absolute Gasteiger partial charge is 0.286 e. The van der Waals surface area contributed by atoms with Crippen LogP contribution >= 0.6 is 11.6 Å². The second kappa shape index (κ2) is 8.78. The summed E-state index contributed by atoms with van der Waals surface area (Å²) < 4.78 is 50.8. The minimum Gasteiger partial charge on any atom is -0.286 e. The third kappa shape index (κ3) is 6.10. The summed E-state index contributed by atoms with van der Waals surface area (Å²) in [6.45, 7) is 0. The zero-order valence-corrected chi connectivity index (χ0v) is 17.3. The molecule has 7 nitrogen and oxygen atoms in total. The van der Waals surface area contributed by atoms with Gasteiger partial charge in [-0.05, 0) is 17.7 Å². The Hall–Kier alpha value is -2.33. The first-order valence-corrected chi connectivity index (χ1v) is 11.9. The predicted molar refractivity (Wildman–Crippen MR) is 108 cm³/mol. The van der Waals surface area contributed by atoms with E-state index in [1.54, 1.807) is 24.5 Å². The van der Waals surface area contributed by atoms with Gasteiger partial charge in [0.25, 0.3) is 10.1 Å². The highest BCUT2D eigenvalue weighted by molar-refractivity contribution is 7.91. The Balaban J connectivity index is 0.000000500. The first-order chi connectivity index (χ1) is 13.0. The maximum Gasteiger partial charge on any atom is 0.261 e. The Bertz CT molecular complexity index is 1160. The molecule has 1 aromatic carbocycles. The smallest absolute Gasteiger partial charge is 0.261 e. The van der Waals surface area contributed by atoms with Gasteiger partial charge in [-0.3, -0.25) is 14.5 Å². The van der Waals surface area contributed by atoms with E-state index in [1.165, 1.54) is 6.20 Å². The zero-order chi connectivity index (χ0) is 20.9. The Labute approximate surface area is 168 Å². The van der Waals surface area contributed by atoms with Crippen LogP contribution in [0.2, 0.25) is 5.02 Å². The van der Waals surface area contributed by atoms with Crippen LogP contribution in [0.1, 0.15) is 0 Å². The fourth-order valence-corrected chi connectivity index (χ4v) is 3.84. The molecule has 0 atom stereocenters. The summed E-state index contributed by atoms with van der Waals surface area (Å²) >= 11 is 6.29. The van der Waals surface area contributed by atoms with Gasteiger partial charge in [0.15, 0.2) is 9.84 Å². The fraction of sp³-hybridized carbons (Fsp3) is 0.111.